The number of aryl methyl sites for hydroxylation is 1. The molecule has 5 heteroatoms. The summed E-state index contributed by atoms with van der Waals surface area (Å²) in [5, 5.41) is 7.63. The molecule has 1 N–H and O–H groups in total. The van der Waals surface area contributed by atoms with Gasteiger partial charge in [-0.15, -0.1) is 0 Å². The largest absolute Gasteiger partial charge is 0.379 e. The van der Waals surface area contributed by atoms with Gasteiger partial charge in [0.2, 0.25) is 0 Å². The summed E-state index contributed by atoms with van der Waals surface area (Å²) < 4.78 is 8.53. The molecule has 1 aromatic rings. The first-order valence-corrected chi connectivity index (χ1v) is 6.40. The molecule has 0 aliphatic heterocycles. The highest BCUT2D eigenvalue weighted by Gasteiger charge is 2.25. The molecule has 2 unspecified atom stereocenters. The summed E-state index contributed by atoms with van der Waals surface area (Å²) in [4.78, 5) is 0. The molecule has 0 radical (unpaired) electrons. The summed E-state index contributed by atoms with van der Waals surface area (Å²) in [6, 6.07) is 0.159. The Labute approximate surface area is 105 Å². The average Bonchev–Trinajstić information content (AvgIpc) is 2.67. The molecule has 1 rings (SSSR count). The van der Waals surface area contributed by atoms with Gasteiger partial charge in [0, 0.05) is 13.7 Å². The fourth-order valence-corrected chi connectivity index (χ4v) is 2.51. The second-order valence-corrected chi connectivity index (χ2v) is 4.50. The third-order valence-electron chi connectivity index (χ3n) is 2.82. The fourth-order valence-electron chi connectivity index (χ4n) is 1.97. The van der Waals surface area contributed by atoms with Crippen molar-refractivity contribution in [1.29, 1.82) is 0 Å². The molecule has 1 heterocycles. The molecule has 0 bridgehead atoms. The van der Waals surface area contributed by atoms with Gasteiger partial charge in [0.25, 0.3) is 0 Å². The number of likely N-dealkylation sites (N-methyl/N-ethyl adjacent to an activating group) is 1. The molecule has 0 aromatic carbocycles. The van der Waals surface area contributed by atoms with Crippen molar-refractivity contribution in [2.24, 2.45) is 0 Å². The fraction of sp³-hybridized carbons (Fsp3) is 0.727. The minimum atomic E-state index is 0.156. The van der Waals surface area contributed by atoms with Gasteiger partial charge in [-0.2, -0.15) is 5.10 Å². The van der Waals surface area contributed by atoms with E-state index in [1.165, 1.54) is 0 Å². The van der Waals surface area contributed by atoms with Gasteiger partial charge in [-0.25, -0.2) is 0 Å². The Bertz CT molecular complexity index is 323. The number of rotatable bonds is 6. The molecule has 2 atom stereocenters. The van der Waals surface area contributed by atoms with Crippen molar-refractivity contribution in [3.05, 3.63) is 16.4 Å². The Hall–Kier alpha value is -0.390. The molecule has 0 saturated carbocycles. The zero-order valence-electron chi connectivity index (χ0n) is 10.3. The van der Waals surface area contributed by atoms with Crippen LogP contribution in [0.5, 0.6) is 0 Å². The number of nitrogens with zero attached hydrogens (tertiary/aromatic N) is 2. The zero-order chi connectivity index (χ0) is 12.1. The predicted molar refractivity (Wildman–Crippen MR) is 68.5 cm³/mol. The van der Waals surface area contributed by atoms with Gasteiger partial charge in [0.15, 0.2) is 0 Å². The van der Waals surface area contributed by atoms with Crippen LogP contribution in [0.25, 0.3) is 0 Å². The number of halogens is 1. The van der Waals surface area contributed by atoms with Crippen LogP contribution in [0, 0.1) is 0 Å². The van der Waals surface area contributed by atoms with Gasteiger partial charge < -0.3 is 10.1 Å². The standard InChI is InChI=1S/C11H20BrN3O/c1-5-9(16-4)10(13-3)11-8(12)7-14-15(11)6-2/h7,9-10,13H,5-6H2,1-4H3. The minimum absolute atomic E-state index is 0.156. The van der Waals surface area contributed by atoms with Crippen LogP contribution < -0.4 is 5.32 Å². The SMILES string of the molecule is CCC(OC)C(NC)c1c(Br)cnn1CC. The first kappa shape index (κ1) is 13.7. The van der Waals surface area contributed by atoms with Crippen LogP contribution in [0.4, 0.5) is 0 Å². The summed E-state index contributed by atoms with van der Waals surface area (Å²) in [5.41, 5.74) is 1.15. The van der Waals surface area contributed by atoms with Gasteiger partial charge in [-0.05, 0) is 36.3 Å². The second-order valence-electron chi connectivity index (χ2n) is 3.64. The molecular weight excluding hydrogens is 270 g/mol. The molecule has 16 heavy (non-hydrogen) atoms. The number of methoxy groups -OCH3 is 1. The van der Waals surface area contributed by atoms with E-state index in [1.54, 1.807) is 7.11 Å². The molecular formula is C11H20BrN3O. The van der Waals surface area contributed by atoms with E-state index in [2.05, 4.69) is 40.2 Å². The normalized spacial score (nSPS) is 15.1. The van der Waals surface area contributed by atoms with Crippen LogP contribution in [0.1, 0.15) is 32.0 Å². The Morgan fingerprint density at radius 1 is 1.56 bits per heavy atom. The molecule has 0 amide bonds. The summed E-state index contributed by atoms with van der Waals surface area (Å²) in [7, 11) is 3.70. The van der Waals surface area contributed by atoms with Crippen LogP contribution in [-0.2, 0) is 11.3 Å². The van der Waals surface area contributed by atoms with E-state index in [4.69, 9.17) is 4.74 Å². The number of aromatic nitrogens is 2. The summed E-state index contributed by atoms with van der Waals surface area (Å²) in [6.45, 7) is 5.07. The number of nitrogens with one attached hydrogen (secondary N) is 1. The molecule has 0 aliphatic rings. The van der Waals surface area contributed by atoms with Crippen molar-refractivity contribution in [2.75, 3.05) is 14.2 Å². The highest BCUT2D eigenvalue weighted by Crippen LogP contribution is 2.27. The summed E-state index contributed by atoms with van der Waals surface area (Å²) in [6.07, 6.45) is 2.96. The average molecular weight is 290 g/mol. The first-order chi connectivity index (χ1) is 7.69. The third kappa shape index (κ3) is 2.64. The molecule has 0 aliphatic carbocycles. The number of ether oxygens (including phenoxy) is 1. The van der Waals surface area contributed by atoms with E-state index in [1.807, 2.05) is 17.9 Å². The number of hydrogen-bond donors (Lipinski definition) is 1. The maximum atomic E-state index is 5.51. The third-order valence-corrected chi connectivity index (χ3v) is 3.43. The van der Waals surface area contributed by atoms with Crippen molar-refractivity contribution < 1.29 is 4.74 Å². The molecule has 0 saturated heterocycles. The van der Waals surface area contributed by atoms with Crippen LogP contribution in [0.3, 0.4) is 0 Å². The lowest BCUT2D eigenvalue weighted by atomic mass is 10.1. The summed E-state index contributed by atoms with van der Waals surface area (Å²) in [5.74, 6) is 0. The van der Waals surface area contributed by atoms with E-state index in [9.17, 15) is 0 Å². The van der Waals surface area contributed by atoms with Gasteiger partial charge in [0.1, 0.15) is 0 Å². The summed E-state index contributed by atoms with van der Waals surface area (Å²) >= 11 is 3.55. The Kier molecular flexibility index (Phi) is 5.44. The van der Waals surface area contributed by atoms with Crippen LogP contribution >= 0.6 is 15.9 Å². The quantitative estimate of drug-likeness (QED) is 0.874. The van der Waals surface area contributed by atoms with E-state index < -0.39 is 0 Å². The molecule has 0 spiro atoms. The van der Waals surface area contributed by atoms with Gasteiger partial charge in [-0.3, -0.25) is 4.68 Å². The molecule has 4 nitrogen and oxygen atoms in total. The zero-order valence-corrected chi connectivity index (χ0v) is 11.9. The van der Waals surface area contributed by atoms with Crippen molar-refractivity contribution in [3.8, 4) is 0 Å². The van der Waals surface area contributed by atoms with E-state index in [-0.39, 0.29) is 12.1 Å². The molecule has 1 aromatic heterocycles. The lowest BCUT2D eigenvalue weighted by molar-refractivity contribution is 0.0646. The maximum Gasteiger partial charge on any atom is 0.0778 e. The van der Waals surface area contributed by atoms with Crippen molar-refractivity contribution in [1.82, 2.24) is 15.1 Å². The minimum Gasteiger partial charge on any atom is -0.379 e. The van der Waals surface area contributed by atoms with E-state index in [0.717, 1.165) is 23.1 Å². The van der Waals surface area contributed by atoms with Crippen LogP contribution in [0.2, 0.25) is 0 Å². The topological polar surface area (TPSA) is 39.1 Å². The Morgan fingerprint density at radius 3 is 2.69 bits per heavy atom. The molecule has 92 valence electrons. The highest BCUT2D eigenvalue weighted by atomic mass is 79.9. The number of hydrogen-bond acceptors (Lipinski definition) is 3. The van der Waals surface area contributed by atoms with Crippen molar-refractivity contribution in [2.45, 2.75) is 39.0 Å². The predicted octanol–water partition coefficient (Wildman–Crippen LogP) is 2.35. The van der Waals surface area contributed by atoms with Crippen molar-refractivity contribution in [3.63, 3.8) is 0 Å². The molecule has 0 fully saturated rings. The van der Waals surface area contributed by atoms with Gasteiger partial charge in [0.05, 0.1) is 28.5 Å². The monoisotopic (exact) mass is 289 g/mol. The Morgan fingerprint density at radius 2 is 2.25 bits per heavy atom. The maximum absolute atomic E-state index is 5.51. The van der Waals surface area contributed by atoms with Gasteiger partial charge in [-0.1, -0.05) is 6.92 Å². The second kappa shape index (κ2) is 6.37. The lowest BCUT2D eigenvalue weighted by Gasteiger charge is -2.25. The van der Waals surface area contributed by atoms with Gasteiger partial charge >= 0.3 is 0 Å². The van der Waals surface area contributed by atoms with E-state index in [0.29, 0.717) is 0 Å². The van der Waals surface area contributed by atoms with Crippen LogP contribution in [0.15, 0.2) is 10.7 Å². The van der Waals surface area contributed by atoms with Crippen molar-refractivity contribution >= 4 is 15.9 Å². The van der Waals surface area contributed by atoms with Crippen LogP contribution in [-0.4, -0.2) is 30.0 Å². The first-order valence-electron chi connectivity index (χ1n) is 5.60. The lowest BCUT2D eigenvalue weighted by Crippen LogP contribution is -2.32. The van der Waals surface area contributed by atoms with E-state index >= 15 is 0 Å². The highest BCUT2D eigenvalue weighted by molar-refractivity contribution is 9.10. The smallest absolute Gasteiger partial charge is 0.0778 e. The Balaban J connectivity index is 3.06.